The van der Waals surface area contributed by atoms with Crippen molar-refractivity contribution >= 4 is 29.4 Å². The Balaban J connectivity index is 2.69. The van der Waals surface area contributed by atoms with Crippen LogP contribution in [0, 0.1) is 6.92 Å². The SMILES string of the molecule is Cc1onc(-c2c(Cl)cccc2Cl)c1/C=N/N. The van der Waals surface area contributed by atoms with Gasteiger partial charge in [0, 0.05) is 5.56 Å². The molecule has 4 nitrogen and oxygen atoms in total. The minimum absolute atomic E-state index is 0.498. The van der Waals surface area contributed by atoms with Crippen molar-refractivity contribution in [2.75, 3.05) is 0 Å². The van der Waals surface area contributed by atoms with E-state index in [4.69, 9.17) is 33.6 Å². The molecule has 1 aromatic heterocycles. The zero-order valence-electron chi connectivity index (χ0n) is 8.95. The minimum atomic E-state index is 0.498. The number of halogens is 2. The molecule has 0 spiro atoms. The molecule has 0 radical (unpaired) electrons. The summed E-state index contributed by atoms with van der Waals surface area (Å²) in [5.41, 5.74) is 1.82. The van der Waals surface area contributed by atoms with E-state index in [9.17, 15) is 0 Å². The number of hydrogen-bond acceptors (Lipinski definition) is 4. The Morgan fingerprint density at radius 2 is 2.00 bits per heavy atom. The van der Waals surface area contributed by atoms with E-state index >= 15 is 0 Å². The zero-order chi connectivity index (χ0) is 12.4. The van der Waals surface area contributed by atoms with Crippen LogP contribution in [-0.2, 0) is 0 Å². The van der Waals surface area contributed by atoms with E-state index in [1.165, 1.54) is 6.21 Å². The lowest BCUT2D eigenvalue weighted by molar-refractivity contribution is 0.399. The predicted octanol–water partition coefficient (Wildman–Crippen LogP) is 3.25. The Morgan fingerprint density at radius 1 is 1.35 bits per heavy atom. The summed E-state index contributed by atoms with van der Waals surface area (Å²) in [4.78, 5) is 0. The Hall–Kier alpha value is -1.52. The molecule has 0 aliphatic carbocycles. The lowest BCUT2D eigenvalue weighted by atomic mass is 10.1. The fraction of sp³-hybridized carbons (Fsp3) is 0.0909. The fourth-order valence-electron chi connectivity index (χ4n) is 1.51. The van der Waals surface area contributed by atoms with E-state index < -0.39 is 0 Å². The average molecular weight is 270 g/mol. The monoisotopic (exact) mass is 269 g/mol. The molecule has 0 aliphatic rings. The Morgan fingerprint density at radius 3 is 2.59 bits per heavy atom. The van der Waals surface area contributed by atoms with Gasteiger partial charge in [0.05, 0.1) is 21.8 Å². The van der Waals surface area contributed by atoms with Gasteiger partial charge >= 0.3 is 0 Å². The molecule has 0 aliphatic heterocycles. The van der Waals surface area contributed by atoms with E-state index in [1.54, 1.807) is 25.1 Å². The van der Waals surface area contributed by atoms with Crippen molar-refractivity contribution in [1.82, 2.24) is 5.16 Å². The molecule has 0 bridgehead atoms. The van der Waals surface area contributed by atoms with Gasteiger partial charge in [0.2, 0.25) is 0 Å². The van der Waals surface area contributed by atoms with Crippen LogP contribution in [0.1, 0.15) is 11.3 Å². The van der Waals surface area contributed by atoms with Gasteiger partial charge < -0.3 is 10.4 Å². The molecule has 0 unspecified atom stereocenters. The van der Waals surface area contributed by atoms with Gasteiger partial charge in [-0.15, -0.1) is 0 Å². The summed E-state index contributed by atoms with van der Waals surface area (Å²) in [7, 11) is 0. The number of nitrogens with two attached hydrogens (primary N) is 1. The molecule has 17 heavy (non-hydrogen) atoms. The number of aromatic nitrogens is 1. The Bertz CT molecular complexity index is 558. The Kier molecular flexibility index (Phi) is 3.36. The zero-order valence-corrected chi connectivity index (χ0v) is 10.5. The van der Waals surface area contributed by atoms with E-state index in [0.29, 0.717) is 32.6 Å². The quantitative estimate of drug-likeness (QED) is 0.517. The molecule has 2 N–H and O–H groups in total. The number of nitrogens with zero attached hydrogens (tertiary/aromatic N) is 2. The van der Waals surface area contributed by atoms with Crippen LogP contribution >= 0.6 is 23.2 Å². The number of rotatable bonds is 2. The number of aryl methyl sites for hydroxylation is 1. The normalized spacial score (nSPS) is 11.2. The van der Waals surface area contributed by atoms with Crippen LogP contribution in [0.2, 0.25) is 10.0 Å². The van der Waals surface area contributed by atoms with Gasteiger partial charge in [0.25, 0.3) is 0 Å². The highest BCUT2D eigenvalue weighted by molar-refractivity contribution is 6.39. The third-order valence-electron chi connectivity index (χ3n) is 2.31. The topological polar surface area (TPSA) is 64.4 Å². The first-order chi connectivity index (χ1) is 8.15. The molecule has 1 heterocycles. The summed E-state index contributed by atoms with van der Waals surface area (Å²) in [6.45, 7) is 1.76. The van der Waals surface area contributed by atoms with Crippen LogP contribution in [-0.4, -0.2) is 11.4 Å². The molecule has 2 rings (SSSR count). The molecule has 0 atom stereocenters. The maximum absolute atomic E-state index is 6.10. The maximum Gasteiger partial charge on any atom is 0.143 e. The van der Waals surface area contributed by atoms with E-state index in [2.05, 4.69) is 10.3 Å². The van der Waals surface area contributed by atoms with Gasteiger partial charge in [-0.2, -0.15) is 5.10 Å². The largest absolute Gasteiger partial charge is 0.360 e. The molecule has 0 amide bonds. The molecule has 0 saturated carbocycles. The van der Waals surface area contributed by atoms with Crippen molar-refractivity contribution in [3.63, 3.8) is 0 Å². The van der Waals surface area contributed by atoms with E-state index in [-0.39, 0.29) is 0 Å². The second kappa shape index (κ2) is 4.77. The molecule has 0 saturated heterocycles. The predicted molar refractivity (Wildman–Crippen MR) is 68.5 cm³/mol. The van der Waals surface area contributed by atoms with E-state index in [0.717, 1.165) is 0 Å². The highest BCUT2D eigenvalue weighted by Gasteiger charge is 2.18. The second-order valence-corrected chi connectivity index (χ2v) is 4.19. The standard InChI is InChI=1S/C11H9Cl2N3O/c1-6-7(5-15-14)11(16-17-6)10-8(12)3-2-4-9(10)13/h2-5H,14H2,1H3/b15-5+. The molecular weight excluding hydrogens is 261 g/mol. The van der Waals surface area contributed by atoms with Gasteiger partial charge in [-0.1, -0.05) is 34.4 Å². The van der Waals surface area contributed by atoms with Crippen molar-refractivity contribution in [3.05, 3.63) is 39.6 Å². The minimum Gasteiger partial charge on any atom is -0.360 e. The van der Waals surface area contributed by atoms with Crippen LogP contribution in [0.3, 0.4) is 0 Å². The van der Waals surface area contributed by atoms with Crippen molar-refractivity contribution in [2.45, 2.75) is 6.92 Å². The first-order valence-electron chi connectivity index (χ1n) is 4.79. The fourth-order valence-corrected chi connectivity index (χ4v) is 2.09. The van der Waals surface area contributed by atoms with Gasteiger partial charge in [0.1, 0.15) is 11.5 Å². The van der Waals surface area contributed by atoms with Crippen LogP contribution < -0.4 is 5.84 Å². The van der Waals surface area contributed by atoms with Crippen LogP contribution in [0.25, 0.3) is 11.3 Å². The summed E-state index contributed by atoms with van der Waals surface area (Å²) in [6, 6.07) is 5.23. The first-order valence-corrected chi connectivity index (χ1v) is 5.54. The maximum atomic E-state index is 6.10. The Labute approximate surface area is 108 Å². The molecule has 2 aromatic rings. The highest BCUT2D eigenvalue weighted by atomic mass is 35.5. The molecular formula is C11H9Cl2N3O. The van der Waals surface area contributed by atoms with Crippen molar-refractivity contribution < 1.29 is 4.52 Å². The number of hydrazone groups is 1. The first kappa shape index (κ1) is 12.0. The van der Waals surface area contributed by atoms with Gasteiger partial charge in [-0.25, -0.2) is 0 Å². The van der Waals surface area contributed by atoms with Crippen molar-refractivity contribution in [1.29, 1.82) is 0 Å². The van der Waals surface area contributed by atoms with Crippen LogP contribution in [0.5, 0.6) is 0 Å². The summed E-state index contributed by atoms with van der Waals surface area (Å²) in [5, 5.41) is 8.40. The third-order valence-corrected chi connectivity index (χ3v) is 2.94. The summed E-state index contributed by atoms with van der Waals surface area (Å²) >= 11 is 12.2. The summed E-state index contributed by atoms with van der Waals surface area (Å²) < 4.78 is 5.10. The lowest BCUT2D eigenvalue weighted by Crippen LogP contribution is -1.91. The molecule has 88 valence electrons. The third kappa shape index (κ3) is 2.14. The van der Waals surface area contributed by atoms with Crippen molar-refractivity contribution in [3.8, 4) is 11.3 Å². The van der Waals surface area contributed by atoms with Gasteiger partial charge in [-0.05, 0) is 19.1 Å². The molecule has 1 aromatic carbocycles. The lowest BCUT2D eigenvalue weighted by Gasteiger charge is -2.03. The average Bonchev–Trinajstić information content (AvgIpc) is 2.62. The smallest absolute Gasteiger partial charge is 0.143 e. The highest BCUT2D eigenvalue weighted by Crippen LogP contribution is 2.35. The summed E-state index contributed by atoms with van der Waals surface area (Å²) in [5.74, 6) is 5.75. The number of benzene rings is 1. The molecule has 0 fully saturated rings. The van der Waals surface area contributed by atoms with Gasteiger partial charge in [0.15, 0.2) is 0 Å². The van der Waals surface area contributed by atoms with Crippen LogP contribution in [0.4, 0.5) is 0 Å². The van der Waals surface area contributed by atoms with Gasteiger partial charge in [-0.3, -0.25) is 0 Å². The summed E-state index contributed by atoms with van der Waals surface area (Å²) in [6.07, 6.45) is 1.46. The van der Waals surface area contributed by atoms with E-state index in [1.807, 2.05) is 0 Å². The molecule has 6 heteroatoms. The van der Waals surface area contributed by atoms with Crippen molar-refractivity contribution in [2.24, 2.45) is 10.9 Å². The second-order valence-electron chi connectivity index (χ2n) is 3.38. The number of hydrogen-bond donors (Lipinski definition) is 1. The van der Waals surface area contributed by atoms with Crippen LogP contribution in [0.15, 0.2) is 27.8 Å².